The maximum atomic E-state index is 10.9. The minimum Gasteiger partial charge on any atom is -0.478 e. The topological polar surface area (TPSA) is 58.2 Å². The van der Waals surface area contributed by atoms with Crippen LogP contribution in [0, 0.1) is 0 Å². The molecule has 0 saturated carbocycles. The molecule has 5 nitrogen and oxygen atoms in total. The second-order valence-corrected chi connectivity index (χ2v) is 3.57. The van der Waals surface area contributed by atoms with E-state index in [9.17, 15) is 4.79 Å². The highest BCUT2D eigenvalue weighted by Crippen LogP contribution is 2.24. The van der Waals surface area contributed by atoms with Crippen molar-refractivity contribution in [1.82, 2.24) is 15.1 Å². The van der Waals surface area contributed by atoms with Crippen molar-refractivity contribution in [2.75, 3.05) is 13.2 Å². The van der Waals surface area contributed by atoms with Gasteiger partial charge >= 0.3 is 0 Å². The predicted molar refractivity (Wildman–Crippen MR) is 71.0 cm³/mol. The van der Waals surface area contributed by atoms with E-state index < -0.39 is 0 Å². The quantitative estimate of drug-likeness (QED) is 0.595. The summed E-state index contributed by atoms with van der Waals surface area (Å²) < 4.78 is 5.45. The molecular formula is C13H19N3O2. The van der Waals surface area contributed by atoms with E-state index in [0.717, 1.165) is 17.5 Å². The van der Waals surface area contributed by atoms with Gasteiger partial charge in [-0.25, -0.2) is 5.10 Å². The second kappa shape index (κ2) is 7.32. The summed E-state index contributed by atoms with van der Waals surface area (Å²) in [6.07, 6.45) is 8.09. The Morgan fingerprint density at radius 1 is 1.56 bits per heavy atom. The van der Waals surface area contributed by atoms with Gasteiger partial charge in [-0.3, -0.25) is 4.79 Å². The van der Waals surface area contributed by atoms with Crippen molar-refractivity contribution in [3.63, 3.8) is 0 Å². The van der Waals surface area contributed by atoms with Crippen LogP contribution in [0.5, 0.6) is 5.88 Å². The van der Waals surface area contributed by atoms with Crippen LogP contribution in [0.4, 0.5) is 0 Å². The number of aromatic nitrogens is 2. The van der Waals surface area contributed by atoms with Crippen molar-refractivity contribution in [3.8, 4) is 5.88 Å². The number of amides is 1. The molecule has 0 aromatic carbocycles. The van der Waals surface area contributed by atoms with Gasteiger partial charge < -0.3 is 9.64 Å². The third-order valence-corrected chi connectivity index (χ3v) is 2.36. The van der Waals surface area contributed by atoms with Crippen molar-refractivity contribution < 1.29 is 9.53 Å². The molecule has 0 bridgehead atoms. The van der Waals surface area contributed by atoms with Crippen molar-refractivity contribution in [2.24, 2.45) is 0 Å². The summed E-state index contributed by atoms with van der Waals surface area (Å²) in [5, 5.41) is 6.77. The van der Waals surface area contributed by atoms with Gasteiger partial charge in [0.25, 0.3) is 0 Å². The maximum absolute atomic E-state index is 10.9. The summed E-state index contributed by atoms with van der Waals surface area (Å²) in [7, 11) is 0. The molecule has 0 aliphatic heterocycles. The lowest BCUT2D eigenvalue weighted by molar-refractivity contribution is -0.115. The molecule has 1 aromatic rings. The van der Waals surface area contributed by atoms with Crippen LogP contribution < -0.4 is 4.74 Å². The Morgan fingerprint density at radius 2 is 2.33 bits per heavy atom. The van der Waals surface area contributed by atoms with Crippen LogP contribution in [0.2, 0.25) is 0 Å². The molecule has 0 fully saturated rings. The number of H-pyrrole nitrogens is 1. The van der Waals surface area contributed by atoms with Gasteiger partial charge in [0.1, 0.15) is 0 Å². The molecule has 0 atom stereocenters. The minimum atomic E-state index is 0.559. The maximum Gasteiger partial charge on any atom is 0.217 e. The summed E-state index contributed by atoms with van der Waals surface area (Å²) in [6.45, 7) is 6.92. The lowest BCUT2D eigenvalue weighted by Gasteiger charge is -2.11. The number of hydrogen-bond donors (Lipinski definition) is 1. The molecule has 1 amide bonds. The average molecular weight is 249 g/mol. The monoisotopic (exact) mass is 249 g/mol. The Hall–Kier alpha value is -2.04. The molecule has 0 aliphatic carbocycles. The number of nitrogens with one attached hydrogen (secondary N) is 1. The highest BCUT2D eigenvalue weighted by Gasteiger charge is 2.10. The predicted octanol–water partition coefficient (Wildman–Crippen LogP) is 2.20. The molecule has 0 saturated heterocycles. The van der Waals surface area contributed by atoms with Gasteiger partial charge in [0.2, 0.25) is 12.3 Å². The van der Waals surface area contributed by atoms with Crippen LogP contribution in [-0.2, 0) is 4.79 Å². The average Bonchev–Trinajstić information content (AvgIpc) is 2.83. The second-order valence-electron chi connectivity index (χ2n) is 3.57. The molecule has 1 aromatic heterocycles. The SMILES string of the molecule is C/C=C\C(=C/N(C=O)CC)c1cn[nH]c1OCC. The van der Waals surface area contributed by atoms with E-state index in [2.05, 4.69) is 10.2 Å². The zero-order valence-electron chi connectivity index (χ0n) is 11.0. The van der Waals surface area contributed by atoms with Gasteiger partial charge in [0, 0.05) is 18.3 Å². The van der Waals surface area contributed by atoms with Crippen molar-refractivity contribution in [2.45, 2.75) is 20.8 Å². The number of nitrogens with zero attached hydrogens (tertiary/aromatic N) is 2. The third kappa shape index (κ3) is 3.48. The lowest BCUT2D eigenvalue weighted by Crippen LogP contribution is -2.14. The number of aromatic amines is 1. The molecule has 0 unspecified atom stereocenters. The first-order valence-electron chi connectivity index (χ1n) is 5.98. The largest absolute Gasteiger partial charge is 0.478 e. The summed E-state index contributed by atoms with van der Waals surface area (Å²) >= 11 is 0. The number of ether oxygens (including phenoxy) is 1. The molecule has 1 rings (SSSR count). The molecule has 1 N–H and O–H groups in total. The van der Waals surface area contributed by atoms with Crippen molar-refractivity contribution >= 4 is 12.0 Å². The normalized spacial score (nSPS) is 11.8. The standard InChI is InChI=1S/C13H19N3O2/c1-4-7-11(9-16(5-2)10-17)12-8-14-15-13(12)18-6-3/h4,7-10H,5-6H2,1-3H3,(H,14,15)/b7-4-,11-9+. The smallest absolute Gasteiger partial charge is 0.217 e. The van der Waals surface area contributed by atoms with Gasteiger partial charge in [0.15, 0.2) is 0 Å². The highest BCUT2D eigenvalue weighted by molar-refractivity contribution is 5.77. The Balaban J connectivity index is 3.11. The minimum absolute atomic E-state index is 0.559. The van der Waals surface area contributed by atoms with Gasteiger partial charge in [-0.2, -0.15) is 5.10 Å². The summed E-state index contributed by atoms with van der Waals surface area (Å²) in [6, 6.07) is 0. The number of hydrogen-bond acceptors (Lipinski definition) is 3. The van der Waals surface area contributed by atoms with Crippen LogP contribution in [0.1, 0.15) is 26.3 Å². The molecular weight excluding hydrogens is 230 g/mol. The molecule has 5 heteroatoms. The molecule has 0 radical (unpaired) electrons. The van der Waals surface area contributed by atoms with Gasteiger partial charge in [-0.05, 0) is 20.8 Å². The molecule has 1 heterocycles. The fraction of sp³-hybridized carbons (Fsp3) is 0.385. The molecule has 0 aliphatic rings. The molecule has 18 heavy (non-hydrogen) atoms. The van der Waals surface area contributed by atoms with Crippen LogP contribution in [-0.4, -0.2) is 34.7 Å². The van der Waals surface area contributed by atoms with Crippen LogP contribution in [0.25, 0.3) is 5.57 Å². The van der Waals surface area contributed by atoms with Crippen LogP contribution in [0.15, 0.2) is 24.5 Å². The molecule has 98 valence electrons. The van der Waals surface area contributed by atoms with Crippen molar-refractivity contribution in [1.29, 1.82) is 0 Å². The fourth-order valence-electron chi connectivity index (χ4n) is 1.49. The third-order valence-electron chi connectivity index (χ3n) is 2.36. The summed E-state index contributed by atoms with van der Waals surface area (Å²) in [5.74, 6) is 0.615. The number of carbonyl (C=O) groups excluding carboxylic acids is 1. The Morgan fingerprint density at radius 3 is 2.89 bits per heavy atom. The van der Waals surface area contributed by atoms with Gasteiger partial charge in [0.05, 0.1) is 18.4 Å². The van der Waals surface area contributed by atoms with Gasteiger partial charge in [-0.15, -0.1) is 0 Å². The Kier molecular flexibility index (Phi) is 5.70. The zero-order chi connectivity index (χ0) is 13.4. The Labute approximate surface area is 107 Å². The van der Waals surface area contributed by atoms with E-state index in [1.54, 1.807) is 17.3 Å². The van der Waals surface area contributed by atoms with Crippen LogP contribution in [0.3, 0.4) is 0 Å². The first-order valence-corrected chi connectivity index (χ1v) is 5.98. The van der Waals surface area contributed by atoms with Gasteiger partial charge in [-0.1, -0.05) is 12.2 Å². The number of carbonyl (C=O) groups is 1. The first kappa shape index (κ1) is 14.0. The van der Waals surface area contributed by atoms with Crippen LogP contribution >= 0.6 is 0 Å². The zero-order valence-corrected chi connectivity index (χ0v) is 11.0. The van der Waals surface area contributed by atoms with Crippen molar-refractivity contribution in [3.05, 3.63) is 30.1 Å². The lowest BCUT2D eigenvalue weighted by atomic mass is 10.1. The summed E-state index contributed by atoms with van der Waals surface area (Å²) in [5.41, 5.74) is 1.72. The fourth-order valence-corrected chi connectivity index (χ4v) is 1.49. The first-order chi connectivity index (χ1) is 8.76. The summed E-state index contributed by atoms with van der Waals surface area (Å²) in [4.78, 5) is 12.4. The number of allylic oxidation sites excluding steroid dienone is 3. The van der Waals surface area contributed by atoms with E-state index in [1.165, 1.54) is 0 Å². The van der Waals surface area contributed by atoms with E-state index in [0.29, 0.717) is 19.0 Å². The number of rotatable bonds is 7. The van der Waals surface area contributed by atoms with E-state index in [-0.39, 0.29) is 0 Å². The Bertz CT molecular complexity index is 435. The highest BCUT2D eigenvalue weighted by atomic mass is 16.5. The molecule has 0 spiro atoms. The van der Waals surface area contributed by atoms with E-state index in [4.69, 9.17) is 4.74 Å². The van der Waals surface area contributed by atoms with E-state index >= 15 is 0 Å². The van der Waals surface area contributed by atoms with E-state index in [1.807, 2.05) is 32.9 Å².